The van der Waals surface area contributed by atoms with Crippen molar-refractivity contribution in [2.24, 2.45) is 11.8 Å². The highest BCUT2D eigenvalue weighted by atomic mass is 35.5. The Hall–Kier alpha value is -0.710. The summed E-state index contributed by atoms with van der Waals surface area (Å²) in [6, 6.07) is 7.65. The normalized spacial score (nSPS) is 25.6. The van der Waals surface area contributed by atoms with Gasteiger partial charge in [0.15, 0.2) is 0 Å². The molecule has 0 spiro atoms. The van der Waals surface area contributed by atoms with Gasteiger partial charge >= 0.3 is 0 Å². The molecule has 1 N–H and O–H groups in total. The average Bonchev–Trinajstić information content (AvgIpc) is 2.98. The standard InChI is InChI=1S/C14H17ClN2OS/c15-12-1-3-13(4-2-12)19-9-14(18)17-7-10-5-16-6-11(10)8-17/h1-4,10-11,16H,5-9H2/t10-,11+. The van der Waals surface area contributed by atoms with E-state index in [-0.39, 0.29) is 5.91 Å². The van der Waals surface area contributed by atoms with E-state index in [1.165, 1.54) is 0 Å². The molecular weight excluding hydrogens is 280 g/mol. The molecule has 2 atom stereocenters. The highest BCUT2D eigenvalue weighted by molar-refractivity contribution is 8.00. The molecule has 0 aromatic heterocycles. The minimum Gasteiger partial charge on any atom is -0.341 e. The summed E-state index contributed by atoms with van der Waals surface area (Å²) in [6.45, 7) is 3.99. The minimum absolute atomic E-state index is 0.259. The van der Waals surface area contributed by atoms with Crippen molar-refractivity contribution >= 4 is 29.3 Å². The van der Waals surface area contributed by atoms with E-state index in [1.807, 2.05) is 29.2 Å². The van der Waals surface area contributed by atoms with Gasteiger partial charge in [0.05, 0.1) is 5.75 Å². The van der Waals surface area contributed by atoms with Crippen LogP contribution in [0, 0.1) is 11.8 Å². The highest BCUT2D eigenvalue weighted by Crippen LogP contribution is 2.27. The third-order valence-corrected chi connectivity index (χ3v) is 5.17. The van der Waals surface area contributed by atoms with Gasteiger partial charge in [0, 0.05) is 36.1 Å². The summed E-state index contributed by atoms with van der Waals surface area (Å²) in [7, 11) is 0. The van der Waals surface area contributed by atoms with Crippen molar-refractivity contribution in [1.29, 1.82) is 0 Å². The van der Waals surface area contributed by atoms with Gasteiger partial charge in [0.2, 0.25) is 5.91 Å². The molecule has 1 aromatic rings. The maximum atomic E-state index is 12.2. The molecule has 3 rings (SSSR count). The zero-order valence-corrected chi connectivity index (χ0v) is 12.2. The number of carbonyl (C=O) groups excluding carboxylic acids is 1. The van der Waals surface area contributed by atoms with Crippen LogP contribution in [0.1, 0.15) is 0 Å². The Bertz CT molecular complexity index is 453. The van der Waals surface area contributed by atoms with Crippen molar-refractivity contribution in [1.82, 2.24) is 10.2 Å². The first-order chi connectivity index (χ1) is 9.22. The molecule has 2 aliphatic heterocycles. The zero-order valence-electron chi connectivity index (χ0n) is 10.6. The zero-order chi connectivity index (χ0) is 13.2. The first-order valence-corrected chi connectivity index (χ1v) is 7.95. The van der Waals surface area contributed by atoms with Crippen molar-refractivity contribution in [3.63, 3.8) is 0 Å². The molecule has 3 nitrogen and oxygen atoms in total. The van der Waals surface area contributed by atoms with Crippen molar-refractivity contribution in [2.75, 3.05) is 31.9 Å². The van der Waals surface area contributed by atoms with Gasteiger partial charge in [-0.25, -0.2) is 0 Å². The van der Waals surface area contributed by atoms with E-state index >= 15 is 0 Å². The first kappa shape index (κ1) is 13.3. The summed E-state index contributed by atoms with van der Waals surface area (Å²) in [4.78, 5) is 15.3. The number of likely N-dealkylation sites (tertiary alicyclic amines) is 1. The van der Waals surface area contributed by atoms with Gasteiger partial charge in [0.25, 0.3) is 0 Å². The number of hydrogen-bond donors (Lipinski definition) is 1. The molecule has 2 aliphatic rings. The summed E-state index contributed by atoms with van der Waals surface area (Å²) in [6.07, 6.45) is 0. The minimum atomic E-state index is 0.259. The second kappa shape index (κ2) is 5.73. The number of benzene rings is 1. The summed E-state index contributed by atoms with van der Waals surface area (Å²) >= 11 is 7.43. The van der Waals surface area contributed by atoms with Crippen LogP contribution in [0.2, 0.25) is 5.02 Å². The fourth-order valence-corrected chi connectivity index (χ4v) is 3.75. The number of nitrogens with zero attached hydrogens (tertiary/aromatic N) is 1. The Kier molecular flexibility index (Phi) is 4.01. The molecular formula is C14H17ClN2OS. The van der Waals surface area contributed by atoms with Gasteiger partial charge in [0.1, 0.15) is 0 Å². The second-order valence-electron chi connectivity index (χ2n) is 5.22. The lowest BCUT2D eigenvalue weighted by atomic mass is 10.0. The van der Waals surface area contributed by atoms with Crippen LogP contribution < -0.4 is 5.32 Å². The summed E-state index contributed by atoms with van der Waals surface area (Å²) in [5.41, 5.74) is 0. The van der Waals surface area contributed by atoms with Crippen LogP contribution in [-0.4, -0.2) is 42.7 Å². The Morgan fingerprint density at radius 3 is 2.53 bits per heavy atom. The molecule has 0 aliphatic carbocycles. The van der Waals surface area contributed by atoms with E-state index in [9.17, 15) is 4.79 Å². The predicted molar refractivity (Wildman–Crippen MR) is 78.6 cm³/mol. The number of fused-ring (bicyclic) bond motifs is 1. The number of nitrogens with one attached hydrogen (secondary N) is 1. The van der Waals surface area contributed by atoms with Crippen molar-refractivity contribution < 1.29 is 4.79 Å². The molecule has 0 bridgehead atoms. The number of amides is 1. The Morgan fingerprint density at radius 1 is 1.26 bits per heavy atom. The molecule has 0 saturated carbocycles. The molecule has 1 aromatic carbocycles. The van der Waals surface area contributed by atoms with Crippen LogP contribution in [0.3, 0.4) is 0 Å². The summed E-state index contributed by atoms with van der Waals surface area (Å²) in [5, 5.41) is 4.12. The lowest BCUT2D eigenvalue weighted by Gasteiger charge is -2.17. The molecule has 2 fully saturated rings. The Balaban J connectivity index is 1.50. The third-order valence-electron chi connectivity index (χ3n) is 3.92. The number of hydrogen-bond acceptors (Lipinski definition) is 3. The molecule has 102 valence electrons. The fraction of sp³-hybridized carbons (Fsp3) is 0.500. The van der Waals surface area contributed by atoms with E-state index in [4.69, 9.17) is 11.6 Å². The van der Waals surface area contributed by atoms with Crippen molar-refractivity contribution in [3.8, 4) is 0 Å². The number of rotatable bonds is 3. The van der Waals surface area contributed by atoms with Gasteiger partial charge in [-0.2, -0.15) is 0 Å². The average molecular weight is 297 g/mol. The largest absolute Gasteiger partial charge is 0.341 e. The smallest absolute Gasteiger partial charge is 0.232 e. The summed E-state index contributed by atoms with van der Waals surface area (Å²) in [5.74, 6) is 2.12. The molecule has 0 radical (unpaired) electrons. The van der Waals surface area contributed by atoms with E-state index in [0.29, 0.717) is 17.6 Å². The third kappa shape index (κ3) is 3.07. The lowest BCUT2D eigenvalue weighted by Crippen LogP contribution is -2.33. The van der Waals surface area contributed by atoms with Gasteiger partial charge in [-0.05, 0) is 36.1 Å². The maximum absolute atomic E-state index is 12.2. The first-order valence-electron chi connectivity index (χ1n) is 6.59. The Morgan fingerprint density at radius 2 is 1.89 bits per heavy atom. The van der Waals surface area contributed by atoms with E-state index in [1.54, 1.807) is 11.8 Å². The monoisotopic (exact) mass is 296 g/mol. The number of carbonyl (C=O) groups is 1. The second-order valence-corrected chi connectivity index (χ2v) is 6.70. The quantitative estimate of drug-likeness (QED) is 0.867. The SMILES string of the molecule is O=C(CSc1ccc(Cl)cc1)N1C[C@H]2CNC[C@H]2C1. The van der Waals surface area contributed by atoms with Crippen LogP contribution in [-0.2, 0) is 4.79 Å². The van der Waals surface area contributed by atoms with Crippen LogP contribution in [0.15, 0.2) is 29.2 Å². The highest BCUT2D eigenvalue weighted by Gasteiger charge is 2.37. The van der Waals surface area contributed by atoms with E-state index in [0.717, 1.165) is 36.1 Å². The molecule has 1 amide bonds. The fourth-order valence-electron chi connectivity index (χ4n) is 2.83. The molecule has 2 saturated heterocycles. The van der Waals surface area contributed by atoms with Crippen LogP contribution in [0.5, 0.6) is 0 Å². The maximum Gasteiger partial charge on any atom is 0.232 e. The van der Waals surface area contributed by atoms with Crippen LogP contribution in [0.25, 0.3) is 0 Å². The molecule has 2 heterocycles. The Labute approximate surface area is 122 Å². The van der Waals surface area contributed by atoms with Crippen molar-refractivity contribution in [3.05, 3.63) is 29.3 Å². The van der Waals surface area contributed by atoms with Crippen molar-refractivity contribution in [2.45, 2.75) is 4.90 Å². The molecule has 0 unspecified atom stereocenters. The molecule has 5 heteroatoms. The van der Waals surface area contributed by atoms with Gasteiger partial charge < -0.3 is 10.2 Å². The van der Waals surface area contributed by atoms with E-state index in [2.05, 4.69) is 5.32 Å². The van der Waals surface area contributed by atoms with E-state index < -0.39 is 0 Å². The van der Waals surface area contributed by atoms with Gasteiger partial charge in [-0.1, -0.05) is 11.6 Å². The van der Waals surface area contributed by atoms with Crippen LogP contribution in [0.4, 0.5) is 0 Å². The molecule has 19 heavy (non-hydrogen) atoms. The summed E-state index contributed by atoms with van der Waals surface area (Å²) < 4.78 is 0. The topological polar surface area (TPSA) is 32.3 Å². The van der Waals surface area contributed by atoms with Crippen LogP contribution >= 0.6 is 23.4 Å². The van der Waals surface area contributed by atoms with Gasteiger partial charge in [-0.15, -0.1) is 11.8 Å². The predicted octanol–water partition coefficient (Wildman–Crippen LogP) is 2.11. The van der Waals surface area contributed by atoms with Gasteiger partial charge in [-0.3, -0.25) is 4.79 Å². The lowest BCUT2D eigenvalue weighted by molar-refractivity contribution is -0.127. The number of halogens is 1. The number of thioether (sulfide) groups is 1.